The quantitative estimate of drug-likeness (QED) is 0.543. The highest BCUT2D eigenvalue weighted by Gasteiger charge is 2.31. The Labute approximate surface area is 119 Å². The van der Waals surface area contributed by atoms with Gasteiger partial charge in [-0.25, -0.2) is 4.79 Å². The number of hydrogen-bond acceptors (Lipinski definition) is 1. The normalized spacial score (nSPS) is 19.5. The molecule has 1 rings (SSSR count). The highest BCUT2D eigenvalue weighted by atomic mass is 16.2. The van der Waals surface area contributed by atoms with Gasteiger partial charge in [0.2, 0.25) is 0 Å². The standard InChI is InChI=1S/C16H32N2O/c1-4-5-6-7-8-9-10-11-12-13-15-14-17(2)16(19)18(15)3/h15H,4-14H2,1-3H3. The Balaban J connectivity index is 1.93. The molecular weight excluding hydrogens is 236 g/mol. The van der Waals surface area contributed by atoms with Crippen molar-refractivity contribution in [1.82, 2.24) is 9.80 Å². The van der Waals surface area contributed by atoms with Gasteiger partial charge < -0.3 is 9.80 Å². The molecule has 1 aliphatic heterocycles. The molecule has 2 amide bonds. The van der Waals surface area contributed by atoms with E-state index in [0.717, 1.165) is 6.54 Å². The Bertz CT molecular complexity index is 255. The van der Waals surface area contributed by atoms with Gasteiger partial charge in [-0.15, -0.1) is 0 Å². The smallest absolute Gasteiger partial charge is 0.319 e. The molecule has 0 spiro atoms. The highest BCUT2D eigenvalue weighted by molar-refractivity contribution is 5.76. The molecule has 112 valence electrons. The number of hydrogen-bond donors (Lipinski definition) is 0. The second kappa shape index (κ2) is 9.22. The van der Waals surface area contributed by atoms with Gasteiger partial charge in [-0.2, -0.15) is 0 Å². The van der Waals surface area contributed by atoms with Crippen LogP contribution >= 0.6 is 0 Å². The zero-order chi connectivity index (χ0) is 14.1. The highest BCUT2D eigenvalue weighted by Crippen LogP contribution is 2.18. The summed E-state index contributed by atoms with van der Waals surface area (Å²) in [6, 6.07) is 0.628. The molecule has 1 aliphatic rings. The average molecular weight is 268 g/mol. The number of carbonyl (C=O) groups is 1. The summed E-state index contributed by atoms with van der Waals surface area (Å²) in [4.78, 5) is 15.4. The third kappa shape index (κ3) is 5.84. The van der Waals surface area contributed by atoms with Gasteiger partial charge in [0.1, 0.15) is 0 Å². The fraction of sp³-hybridized carbons (Fsp3) is 0.938. The molecule has 0 saturated carbocycles. The molecule has 0 radical (unpaired) electrons. The van der Waals surface area contributed by atoms with Gasteiger partial charge in [0.05, 0.1) is 6.04 Å². The molecule has 0 bridgehead atoms. The molecule has 19 heavy (non-hydrogen) atoms. The van der Waals surface area contributed by atoms with Gasteiger partial charge in [0.15, 0.2) is 0 Å². The summed E-state index contributed by atoms with van der Waals surface area (Å²) in [6.45, 7) is 3.18. The van der Waals surface area contributed by atoms with E-state index in [9.17, 15) is 4.79 Å². The predicted octanol–water partition coefficient (Wildman–Crippen LogP) is 4.27. The zero-order valence-corrected chi connectivity index (χ0v) is 13.2. The Kier molecular flexibility index (Phi) is 7.92. The molecule has 0 aliphatic carbocycles. The van der Waals surface area contributed by atoms with Crippen LogP contribution in [0.3, 0.4) is 0 Å². The van der Waals surface area contributed by atoms with Gasteiger partial charge in [-0.3, -0.25) is 0 Å². The lowest BCUT2D eigenvalue weighted by atomic mass is 10.0. The summed E-state index contributed by atoms with van der Waals surface area (Å²) in [5.41, 5.74) is 0. The fourth-order valence-electron chi connectivity index (χ4n) is 2.92. The molecule has 0 aromatic carbocycles. The zero-order valence-electron chi connectivity index (χ0n) is 13.2. The molecule has 1 unspecified atom stereocenters. The van der Waals surface area contributed by atoms with Crippen molar-refractivity contribution in [2.75, 3.05) is 20.6 Å². The van der Waals surface area contributed by atoms with E-state index in [1.54, 1.807) is 0 Å². The molecule has 1 saturated heterocycles. The van der Waals surface area contributed by atoms with Gasteiger partial charge in [-0.05, 0) is 6.42 Å². The lowest BCUT2D eigenvalue weighted by molar-refractivity contribution is 0.200. The van der Waals surface area contributed by atoms with Crippen LogP contribution in [-0.2, 0) is 0 Å². The van der Waals surface area contributed by atoms with E-state index in [4.69, 9.17) is 0 Å². The van der Waals surface area contributed by atoms with Crippen molar-refractivity contribution in [3.63, 3.8) is 0 Å². The lowest BCUT2D eigenvalue weighted by Crippen LogP contribution is -2.30. The van der Waals surface area contributed by atoms with E-state index in [-0.39, 0.29) is 6.03 Å². The maximum absolute atomic E-state index is 11.6. The first kappa shape index (κ1) is 16.3. The third-order valence-corrected chi connectivity index (χ3v) is 4.30. The summed E-state index contributed by atoms with van der Waals surface area (Å²) in [5.74, 6) is 0. The fourth-order valence-corrected chi connectivity index (χ4v) is 2.92. The van der Waals surface area contributed by atoms with Crippen LogP contribution < -0.4 is 0 Å². The first-order valence-electron chi connectivity index (χ1n) is 8.14. The Morgan fingerprint density at radius 3 is 1.95 bits per heavy atom. The lowest BCUT2D eigenvalue weighted by Gasteiger charge is -2.17. The van der Waals surface area contributed by atoms with E-state index in [1.165, 1.54) is 64.2 Å². The molecule has 1 fully saturated rings. The first-order chi connectivity index (χ1) is 9.16. The van der Waals surface area contributed by atoms with Gasteiger partial charge in [-0.1, -0.05) is 64.7 Å². The first-order valence-corrected chi connectivity index (χ1v) is 8.14. The maximum Gasteiger partial charge on any atom is 0.319 e. The molecule has 0 aromatic heterocycles. The van der Waals surface area contributed by atoms with Crippen molar-refractivity contribution in [3.05, 3.63) is 0 Å². The van der Waals surface area contributed by atoms with Crippen LogP contribution in [0.1, 0.15) is 71.1 Å². The summed E-state index contributed by atoms with van der Waals surface area (Å²) in [7, 11) is 3.83. The summed E-state index contributed by atoms with van der Waals surface area (Å²) in [5, 5.41) is 0. The summed E-state index contributed by atoms with van der Waals surface area (Å²) in [6.07, 6.45) is 13.5. The van der Waals surface area contributed by atoms with Gasteiger partial charge >= 0.3 is 6.03 Å². The summed E-state index contributed by atoms with van der Waals surface area (Å²) < 4.78 is 0. The van der Waals surface area contributed by atoms with Crippen LogP contribution in [0, 0.1) is 0 Å². The molecule has 3 heteroatoms. The van der Waals surface area contributed by atoms with Crippen molar-refractivity contribution < 1.29 is 4.79 Å². The van der Waals surface area contributed by atoms with Crippen molar-refractivity contribution >= 4 is 6.03 Å². The maximum atomic E-state index is 11.6. The molecule has 0 N–H and O–H groups in total. The third-order valence-electron chi connectivity index (χ3n) is 4.30. The molecule has 1 atom stereocenters. The number of rotatable bonds is 10. The summed E-state index contributed by atoms with van der Waals surface area (Å²) >= 11 is 0. The topological polar surface area (TPSA) is 23.6 Å². The van der Waals surface area contributed by atoms with E-state index in [0.29, 0.717) is 6.04 Å². The molecule has 1 heterocycles. The number of nitrogens with zero attached hydrogens (tertiary/aromatic N) is 2. The van der Waals surface area contributed by atoms with Crippen LogP contribution in [-0.4, -0.2) is 42.5 Å². The number of likely N-dealkylation sites (N-methyl/N-ethyl adjacent to an activating group) is 2. The van der Waals surface area contributed by atoms with E-state index in [1.807, 2.05) is 23.9 Å². The van der Waals surface area contributed by atoms with Crippen LogP contribution in [0.25, 0.3) is 0 Å². The minimum absolute atomic E-state index is 0.181. The second-order valence-corrected chi connectivity index (χ2v) is 6.04. The van der Waals surface area contributed by atoms with E-state index >= 15 is 0 Å². The largest absolute Gasteiger partial charge is 0.326 e. The van der Waals surface area contributed by atoms with Crippen molar-refractivity contribution in [2.24, 2.45) is 0 Å². The van der Waals surface area contributed by atoms with E-state index < -0.39 is 0 Å². The Hall–Kier alpha value is -0.730. The Morgan fingerprint density at radius 1 is 0.947 bits per heavy atom. The van der Waals surface area contributed by atoms with Gasteiger partial charge in [0, 0.05) is 20.6 Å². The van der Waals surface area contributed by atoms with Crippen molar-refractivity contribution in [3.8, 4) is 0 Å². The number of amides is 2. The SMILES string of the molecule is CCCCCCCCCCCC1CN(C)C(=O)N1C. The Morgan fingerprint density at radius 2 is 1.47 bits per heavy atom. The monoisotopic (exact) mass is 268 g/mol. The molecular formula is C16H32N2O. The van der Waals surface area contributed by atoms with Crippen LogP contribution in [0.4, 0.5) is 4.79 Å². The van der Waals surface area contributed by atoms with Crippen molar-refractivity contribution in [1.29, 1.82) is 0 Å². The number of carbonyl (C=O) groups excluding carboxylic acids is 1. The predicted molar refractivity (Wildman–Crippen MR) is 81.4 cm³/mol. The van der Waals surface area contributed by atoms with E-state index in [2.05, 4.69) is 6.92 Å². The van der Waals surface area contributed by atoms with Crippen molar-refractivity contribution in [2.45, 2.75) is 77.2 Å². The number of urea groups is 1. The van der Waals surface area contributed by atoms with Crippen LogP contribution in [0.2, 0.25) is 0 Å². The second-order valence-electron chi connectivity index (χ2n) is 6.04. The van der Waals surface area contributed by atoms with Crippen LogP contribution in [0.15, 0.2) is 0 Å². The molecule has 0 aromatic rings. The van der Waals surface area contributed by atoms with Crippen LogP contribution in [0.5, 0.6) is 0 Å². The number of unbranched alkanes of at least 4 members (excludes halogenated alkanes) is 8. The van der Waals surface area contributed by atoms with Gasteiger partial charge in [0.25, 0.3) is 0 Å². The minimum Gasteiger partial charge on any atom is -0.326 e. The minimum atomic E-state index is 0.181. The molecule has 3 nitrogen and oxygen atoms in total. The average Bonchev–Trinajstić information content (AvgIpc) is 2.64.